The molecule has 1 aliphatic heterocycles. The lowest BCUT2D eigenvalue weighted by Crippen LogP contribution is -2.41. The molecule has 8 heteroatoms. The molecule has 1 aliphatic rings. The van der Waals surface area contributed by atoms with Gasteiger partial charge in [0.2, 0.25) is 5.91 Å². The molecule has 0 aliphatic carbocycles. The molecule has 1 unspecified atom stereocenters. The molecule has 0 spiro atoms. The number of amides is 1. The van der Waals surface area contributed by atoms with Crippen LogP contribution in [0.2, 0.25) is 0 Å². The minimum absolute atomic E-state index is 0.141. The summed E-state index contributed by atoms with van der Waals surface area (Å²) in [6.07, 6.45) is 1.91. The van der Waals surface area contributed by atoms with E-state index in [4.69, 9.17) is 9.47 Å². The van der Waals surface area contributed by atoms with Crippen molar-refractivity contribution >= 4 is 21.4 Å². The first kappa shape index (κ1) is 23.8. The van der Waals surface area contributed by atoms with E-state index in [1.165, 1.54) is 12.1 Å². The number of rotatable bonds is 7. The maximum Gasteiger partial charge on any atom is 0.238 e. The number of fused-ring (bicyclic) bond motifs is 1. The van der Waals surface area contributed by atoms with Crippen molar-refractivity contribution in [1.29, 1.82) is 0 Å². The Bertz CT molecular complexity index is 1290. The summed E-state index contributed by atoms with van der Waals surface area (Å²) < 4.78 is 34.8. The number of nitrogens with zero attached hydrogens (tertiary/aromatic N) is 1. The Morgan fingerprint density at radius 2 is 1.71 bits per heavy atom. The van der Waals surface area contributed by atoms with Crippen LogP contribution in [0.25, 0.3) is 0 Å². The number of benzene rings is 3. The van der Waals surface area contributed by atoms with Crippen LogP contribution in [-0.4, -0.2) is 52.8 Å². The van der Waals surface area contributed by atoms with Gasteiger partial charge in [-0.3, -0.25) is 9.69 Å². The first-order valence-corrected chi connectivity index (χ1v) is 12.8. The van der Waals surface area contributed by atoms with Gasteiger partial charge in [0.1, 0.15) is 0 Å². The number of carbonyl (C=O) groups is 1. The average molecular weight is 481 g/mol. The third-order valence-corrected chi connectivity index (χ3v) is 7.09. The van der Waals surface area contributed by atoms with Gasteiger partial charge in [0.05, 0.1) is 31.7 Å². The van der Waals surface area contributed by atoms with E-state index in [0.29, 0.717) is 23.7 Å². The minimum atomic E-state index is -3.36. The second kappa shape index (κ2) is 9.87. The first-order valence-electron chi connectivity index (χ1n) is 10.9. The fourth-order valence-corrected chi connectivity index (χ4v) is 5.05. The summed E-state index contributed by atoms with van der Waals surface area (Å²) >= 11 is 0. The van der Waals surface area contributed by atoms with Gasteiger partial charge in [0, 0.05) is 18.5 Å². The highest BCUT2D eigenvalue weighted by atomic mass is 32.2. The van der Waals surface area contributed by atoms with E-state index < -0.39 is 9.84 Å². The number of nitrogens with one attached hydrogen (secondary N) is 1. The Kier molecular flexibility index (Phi) is 6.90. The maximum atomic E-state index is 13.0. The molecule has 34 heavy (non-hydrogen) atoms. The average Bonchev–Trinajstić information content (AvgIpc) is 2.83. The molecule has 1 N–H and O–H groups in total. The number of hydrogen-bond donors (Lipinski definition) is 1. The second-order valence-electron chi connectivity index (χ2n) is 8.29. The Labute approximate surface area is 200 Å². The summed E-state index contributed by atoms with van der Waals surface area (Å²) in [5, 5.41) is 2.85. The number of methoxy groups -OCH3 is 2. The zero-order chi connectivity index (χ0) is 24.3. The lowest BCUT2D eigenvalue weighted by Gasteiger charge is -2.37. The van der Waals surface area contributed by atoms with Crippen molar-refractivity contribution < 1.29 is 22.7 Å². The predicted octanol–water partition coefficient (Wildman–Crippen LogP) is 3.69. The topological polar surface area (TPSA) is 84.9 Å². The number of hydrogen-bond acceptors (Lipinski definition) is 6. The van der Waals surface area contributed by atoms with Gasteiger partial charge >= 0.3 is 0 Å². The standard InChI is InChI=1S/C26H28N2O5S/c1-32-23-14-19-12-13-28(17-25(29)27-20-10-7-11-21(15-20)34(3,30)31)26(18-8-5-4-6-9-18)22(19)16-24(23)33-2/h4-11,14-16,26H,12-13,17H2,1-3H3,(H,27,29). The third kappa shape index (κ3) is 5.08. The van der Waals surface area contributed by atoms with Crippen LogP contribution in [0.15, 0.2) is 71.6 Å². The molecule has 0 saturated carbocycles. The molecular weight excluding hydrogens is 452 g/mol. The zero-order valence-electron chi connectivity index (χ0n) is 19.4. The predicted molar refractivity (Wildman–Crippen MR) is 131 cm³/mol. The van der Waals surface area contributed by atoms with Gasteiger partial charge in [-0.05, 0) is 53.4 Å². The van der Waals surface area contributed by atoms with Gasteiger partial charge in [-0.2, -0.15) is 0 Å². The molecule has 3 aromatic carbocycles. The molecule has 4 rings (SSSR count). The third-order valence-electron chi connectivity index (χ3n) is 5.98. The van der Waals surface area contributed by atoms with Gasteiger partial charge in [0.15, 0.2) is 21.3 Å². The lowest BCUT2D eigenvalue weighted by atomic mass is 9.87. The summed E-state index contributed by atoms with van der Waals surface area (Å²) in [6, 6.07) is 20.2. The van der Waals surface area contributed by atoms with E-state index in [9.17, 15) is 13.2 Å². The zero-order valence-corrected chi connectivity index (χ0v) is 20.3. The molecular formula is C26H28N2O5S. The fraction of sp³-hybridized carbons (Fsp3) is 0.269. The maximum absolute atomic E-state index is 13.0. The molecule has 3 aromatic rings. The van der Waals surface area contributed by atoms with Crippen molar-refractivity contribution in [2.45, 2.75) is 17.4 Å². The highest BCUT2D eigenvalue weighted by molar-refractivity contribution is 7.90. The second-order valence-corrected chi connectivity index (χ2v) is 10.3. The van der Waals surface area contributed by atoms with E-state index in [0.717, 1.165) is 29.4 Å². The summed E-state index contributed by atoms with van der Waals surface area (Å²) in [5.74, 6) is 1.12. The van der Waals surface area contributed by atoms with E-state index >= 15 is 0 Å². The summed E-state index contributed by atoms with van der Waals surface area (Å²) in [5.41, 5.74) is 3.75. The van der Waals surface area contributed by atoms with Crippen LogP contribution in [0.3, 0.4) is 0 Å². The van der Waals surface area contributed by atoms with E-state index in [-0.39, 0.29) is 23.4 Å². The van der Waals surface area contributed by atoms with Gasteiger partial charge in [-0.15, -0.1) is 0 Å². The summed E-state index contributed by atoms with van der Waals surface area (Å²) in [7, 11) is -0.129. The lowest BCUT2D eigenvalue weighted by molar-refractivity contribution is -0.117. The largest absolute Gasteiger partial charge is 0.493 e. The normalized spacial score (nSPS) is 15.9. The number of ether oxygens (including phenoxy) is 2. The van der Waals surface area contributed by atoms with Crippen molar-refractivity contribution in [1.82, 2.24) is 4.90 Å². The highest BCUT2D eigenvalue weighted by Gasteiger charge is 2.31. The summed E-state index contributed by atoms with van der Waals surface area (Å²) in [6.45, 7) is 0.829. The molecule has 178 valence electrons. The quantitative estimate of drug-likeness (QED) is 0.555. The number of carbonyl (C=O) groups excluding carboxylic acids is 1. The summed E-state index contributed by atoms with van der Waals surface area (Å²) in [4.78, 5) is 15.3. The number of anilines is 1. The molecule has 0 radical (unpaired) electrons. The van der Waals surface area contributed by atoms with Crippen LogP contribution in [0.1, 0.15) is 22.7 Å². The van der Waals surface area contributed by atoms with E-state index in [1.54, 1.807) is 26.4 Å². The Hall–Kier alpha value is -3.36. The van der Waals surface area contributed by atoms with Gasteiger partial charge in [0.25, 0.3) is 0 Å². The van der Waals surface area contributed by atoms with Crippen LogP contribution in [0.5, 0.6) is 11.5 Å². The van der Waals surface area contributed by atoms with Crippen LogP contribution in [0, 0.1) is 0 Å². The molecule has 0 bridgehead atoms. The van der Waals surface area contributed by atoms with E-state index in [2.05, 4.69) is 22.3 Å². The monoisotopic (exact) mass is 480 g/mol. The smallest absolute Gasteiger partial charge is 0.238 e. The molecule has 0 aromatic heterocycles. The van der Waals surface area contributed by atoms with Crippen molar-refractivity contribution in [2.75, 3.05) is 38.9 Å². The Morgan fingerprint density at radius 3 is 2.38 bits per heavy atom. The van der Waals surface area contributed by atoms with Crippen LogP contribution in [-0.2, 0) is 21.1 Å². The SMILES string of the molecule is COc1cc2c(cc1OC)C(c1ccccc1)N(CC(=O)Nc1cccc(S(C)(=O)=O)c1)CC2. The van der Waals surface area contributed by atoms with Crippen molar-refractivity contribution in [3.63, 3.8) is 0 Å². The van der Waals surface area contributed by atoms with Crippen molar-refractivity contribution in [3.8, 4) is 11.5 Å². The molecule has 1 atom stereocenters. The number of sulfone groups is 1. The molecule has 7 nitrogen and oxygen atoms in total. The Morgan fingerprint density at radius 1 is 1.00 bits per heavy atom. The van der Waals surface area contributed by atoms with Crippen molar-refractivity contribution in [2.24, 2.45) is 0 Å². The van der Waals surface area contributed by atoms with Gasteiger partial charge in [-0.1, -0.05) is 36.4 Å². The molecule has 1 heterocycles. The molecule has 1 amide bonds. The minimum Gasteiger partial charge on any atom is -0.493 e. The van der Waals surface area contributed by atoms with E-state index in [1.807, 2.05) is 30.3 Å². The molecule has 0 saturated heterocycles. The van der Waals surface area contributed by atoms with Crippen LogP contribution in [0.4, 0.5) is 5.69 Å². The fourth-order valence-electron chi connectivity index (χ4n) is 4.38. The van der Waals surface area contributed by atoms with Gasteiger partial charge < -0.3 is 14.8 Å². The first-order chi connectivity index (χ1) is 16.3. The van der Waals surface area contributed by atoms with Crippen molar-refractivity contribution in [3.05, 3.63) is 83.4 Å². The van der Waals surface area contributed by atoms with Gasteiger partial charge in [-0.25, -0.2) is 8.42 Å². The van der Waals surface area contributed by atoms with Crippen LogP contribution < -0.4 is 14.8 Å². The Balaban J connectivity index is 1.63. The highest BCUT2D eigenvalue weighted by Crippen LogP contribution is 2.40. The van der Waals surface area contributed by atoms with Crippen LogP contribution >= 0.6 is 0 Å². The molecule has 0 fully saturated rings.